The summed E-state index contributed by atoms with van der Waals surface area (Å²) in [6.45, 7) is 2.74. The number of oxime groups is 1. The zero-order valence-electron chi connectivity index (χ0n) is 10.1. The summed E-state index contributed by atoms with van der Waals surface area (Å²) < 4.78 is 0. The highest BCUT2D eigenvalue weighted by molar-refractivity contribution is 6.00. The quantitative estimate of drug-likeness (QED) is 0.592. The van der Waals surface area contributed by atoms with Gasteiger partial charge in [-0.25, -0.2) is 0 Å². The first-order valence-corrected chi connectivity index (χ1v) is 5.71. The van der Waals surface area contributed by atoms with Crippen LogP contribution in [0.3, 0.4) is 0 Å². The summed E-state index contributed by atoms with van der Waals surface area (Å²) in [5, 5.41) is 4.07. The van der Waals surface area contributed by atoms with Crippen molar-refractivity contribution >= 4 is 5.71 Å². The normalized spacial score (nSPS) is 11.6. The van der Waals surface area contributed by atoms with Crippen LogP contribution >= 0.6 is 0 Å². The van der Waals surface area contributed by atoms with Gasteiger partial charge in [-0.1, -0.05) is 42.8 Å². The first-order valence-electron chi connectivity index (χ1n) is 5.71. The first kappa shape index (κ1) is 12.7. The van der Waals surface area contributed by atoms with Gasteiger partial charge in [0.1, 0.15) is 7.11 Å². The summed E-state index contributed by atoms with van der Waals surface area (Å²) in [5.74, 6) is 0. The second-order valence-corrected chi connectivity index (χ2v) is 3.73. The topological polar surface area (TPSA) is 47.6 Å². The Bertz CT molecular complexity index is 330. The van der Waals surface area contributed by atoms with Gasteiger partial charge in [-0.2, -0.15) is 0 Å². The molecule has 2 N–H and O–H groups in total. The highest BCUT2D eigenvalue weighted by atomic mass is 16.6. The predicted octanol–water partition coefficient (Wildman–Crippen LogP) is 2.69. The van der Waals surface area contributed by atoms with E-state index in [0.29, 0.717) is 6.54 Å². The third-order valence-electron chi connectivity index (χ3n) is 2.49. The van der Waals surface area contributed by atoms with Gasteiger partial charge in [-0.15, -0.1) is 0 Å². The van der Waals surface area contributed by atoms with E-state index >= 15 is 0 Å². The van der Waals surface area contributed by atoms with Crippen LogP contribution in [0.15, 0.2) is 29.4 Å². The summed E-state index contributed by atoms with van der Waals surface area (Å²) in [7, 11) is 1.58. The summed E-state index contributed by atoms with van der Waals surface area (Å²) in [6.07, 6.45) is 3.23. The van der Waals surface area contributed by atoms with Crippen molar-refractivity contribution < 1.29 is 4.84 Å². The minimum Gasteiger partial charge on any atom is -0.399 e. The SMILES string of the molecule is CCCC/C(=N/OC)c1ccc(CN)cc1. The summed E-state index contributed by atoms with van der Waals surface area (Å²) >= 11 is 0. The molecular formula is C13H20N2O. The number of rotatable bonds is 6. The molecular weight excluding hydrogens is 200 g/mol. The van der Waals surface area contributed by atoms with Gasteiger partial charge in [0, 0.05) is 6.54 Å². The molecule has 0 fully saturated rings. The molecule has 88 valence electrons. The van der Waals surface area contributed by atoms with E-state index in [1.54, 1.807) is 7.11 Å². The molecule has 0 heterocycles. The lowest BCUT2D eigenvalue weighted by molar-refractivity contribution is 0.212. The van der Waals surface area contributed by atoms with Crippen molar-refractivity contribution in [2.75, 3.05) is 7.11 Å². The van der Waals surface area contributed by atoms with E-state index in [0.717, 1.165) is 36.1 Å². The highest BCUT2D eigenvalue weighted by Gasteiger charge is 2.03. The minimum atomic E-state index is 0.575. The number of hydrogen-bond donors (Lipinski definition) is 1. The lowest BCUT2D eigenvalue weighted by Crippen LogP contribution is -2.03. The molecule has 0 aliphatic rings. The van der Waals surface area contributed by atoms with Crippen LogP contribution < -0.4 is 5.73 Å². The molecule has 0 amide bonds. The second kappa shape index (κ2) is 7.01. The number of benzene rings is 1. The monoisotopic (exact) mass is 220 g/mol. The molecule has 1 aromatic carbocycles. The van der Waals surface area contributed by atoms with Gasteiger partial charge >= 0.3 is 0 Å². The molecule has 0 atom stereocenters. The first-order chi connectivity index (χ1) is 7.81. The van der Waals surface area contributed by atoms with Gasteiger partial charge in [0.2, 0.25) is 0 Å². The highest BCUT2D eigenvalue weighted by Crippen LogP contribution is 2.10. The van der Waals surface area contributed by atoms with Gasteiger partial charge in [-0.3, -0.25) is 0 Å². The van der Waals surface area contributed by atoms with Crippen LogP contribution in [0, 0.1) is 0 Å². The maximum Gasteiger partial charge on any atom is 0.106 e. The predicted molar refractivity (Wildman–Crippen MR) is 67.4 cm³/mol. The summed E-state index contributed by atoms with van der Waals surface area (Å²) in [4.78, 5) is 4.88. The van der Waals surface area contributed by atoms with Crippen molar-refractivity contribution in [3.8, 4) is 0 Å². The second-order valence-electron chi connectivity index (χ2n) is 3.73. The van der Waals surface area contributed by atoms with E-state index in [1.165, 1.54) is 0 Å². The Morgan fingerprint density at radius 2 is 2.00 bits per heavy atom. The lowest BCUT2D eigenvalue weighted by atomic mass is 10.0. The fourth-order valence-electron chi connectivity index (χ4n) is 1.53. The van der Waals surface area contributed by atoms with Gasteiger partial charge in [0.15, 0.2) is 0 Å². The molecule has 0 aromatic heterocycles. The zero-order chi connectivity index (χ0) is 11.8. The van der Waals surface area contributed by atoms with Crippen molar-refractivity contribution in [3.63, 3.8) is 0 Å². The number of nitrogens with two attached hydrogens (primary N) is 1. The molecule has 16 heavy (non-hydrogen) atoms. The summed E-state index contributed by atoms with van der Waals surface area (Å²) in [5.41, 5.74) is 8.82. The standard InChI is InChI=1S/C13H20N2O/c1-3-4-5-13(15-16-2)12-8-6-11(10-14)7-9-12/h6-9H,3-5,10,14H2,1-2H3/b15-13-. The molecule has 0 aliphatic heterocycles. The Hall–Kier alpha value is -1.35. The van der Waals surface area contributed by atoms with Crippen LogP contribution in [0.5, 0.6) is 0 Å². The van der Waals surface area contributed by atoms with Crippen LogP contribution in [0.2, 0.25) is 0 Å². The van der Waals surface area contributed by atoms with Gasteiger partial charge in [0.05, 0.1) is 5.71 Å². The third kappa shape index (κ3) is 3.66. The van der Waals surface area contributed by atoms with Crippen molar-refractivity contribution in [1.82, 2.24) is 0 Å². The Morgan fingerprint density at radius 3 is 2.50 bits per heavy atom. The Morgan fingerprint density at radius 1 is 1.31 bits per heavy atom. The van der Waals surface area contributed by atoms with E-state index in [9.17, 15) is 0 Å². The van der Waals surface area contributed by atoms with Gasteiger partial charge in [0.25, 0.3) is 0 Å². The Balaban J connectivity index is 2.80. The van der Waals surface area contributed by atoms with Gasteiger partial charge < -0.3 is 10.6 Å². The van der Waals surface area contributed by atoms with Crippen LogP contribution in [0.25, 0.3) is 0 Å². The van der Waals surface area contributed by atoms with Crippen LogP contribution in [0.4, 0.5) is 0 Å². The van der Waals surface area contributed by atoms with Crippen molar-refractivity contribution in [3.05, 3.63) is 35.4 Å². The van der Waals surface area contributed by atoms with Crippen molar-refractivity contribution in [2.45, 2.75) is 32.7 Å². The third-order valence-corrected chi connectivity index (χ3v) is 2.49. The fourth-order valence-corrected chi connectivity index (χ4v) is 1.53. The largest absolute Gasteiger partial charge is 0.399 e. The molecule has 1 aromatic rings. The minimum absolute atomic E-state index is 0.575. The van der Waals surface area contributed by atoms with Gasteiger partial charge in [-0.05, 0) is 24.0 Å². The molecule has 0 radical (unpaired) electrons. The molecule has 3 heteroatoms. The van der Waals surface area contributed by atoms with E-state index in [4.69, 9.17) is 10.6 Å². The molecule has 0 spiro atoms. The smallest absolute Gasteiger partial charge is 0.106 e. The lowest BCUT2D eigenvalue weighted by Gasteiger charge is -2.06. The molecule has 3 nitrogen and oxygen atoms in total. The van der Waals surface area contributed by atoms with Crippen molar-refractivity contribution in [2.24, 2.45) is 10.9 Å². The maximum atomic E-state index is 5.56. The molecule has 0 saturated heterocycles. The maximum absolute atomic E-state index is 5.56. The average Bonchev–Trinajstić information content (AvgIpc) is 2.35. The van der Waals surface area contributed by atoms with E-state index in [-0.39, 0.29) is 0 Å². The van der Waals surface area contributed by atoms with E-state index < -0.39 is 0 Å². The van der Waals surface area contributed by atoms with Crippen LogP contribution in [-0.2, 0) is 11.4 Å². The number of hydrogen-bond acceptors (Lipinski definition) is 3. The molecule has 0 aliphatic carbocycles. The average molecular weight is 220 g/mol. The summed E-state index contributed by atoms with van der Waals surface area (Å²) in [6, 6.07) is 8.17. The fraction of sp³-hybridized carbons (Fsp3) is 0.462. The Kier molecular flexibility index (Phi) is 5.57. The Labute approximate surface area is 97.3 Å². The number of unbranched alkanes of at least 4 members (excludes halogenated alkanes) is 1. The number of nitrogens with zero attached hydrogens (tertiary/aromatic N) is 1. The molecule has 0 bridgehead atoms. The van der Waals surface area contributed by atoms with Crippen LogP contribution in [-0.4, -0.2) is 12.8 Å². The van der Waals surface area contributed by atoms with Crippen LogP contribution in [0.1, 0.15) is 37.3 Å². The van der Waals surface area contributed by atoms with E-state index in [2.05, 4.69) is 24.2 Å². The molecule has 0 saturated carbocycles. The van der Waals surface area contributed by atoms with Crippen molar-refractivity contribution in [1.29, 1.82) is 0 Å². The van der Waals surface area contributed by atoms with E-state index in [1.807, 2.05) is 12.1 Å². The molecule has 0 unspecified atom stereocenters. The molecule has 1 rings (SSSR count). The zero-order valence-corrected chi connectivity index (χ0v) is 10.1.